The maximum atomic E-state index is 12.0. The van der Waals surface area contributed by atoms with E-state index in [1.807, 2.05) is 6.92 Å². The lowest BCUT2D eigenvalue weighted by molar-refractivity contribution is 0.0489. The first-order valence-electron chi connectivity index (χ1n) is 8.05. The molecular formula is C19H18N2O4. The summed E-state index contributed by atoms with van der Waals surface area (Å²) in [7, 11) is 0. The molecule has 2 aromatic heterocycles. The first-order chi connectivity index (χ1) is 12.2. The van der Waals surface area contributed by atoms with Gasteiger partial charge in [-0.2, -0.15) is 0 Å². The van der Waals surface area contributed by atoms with Crippen LogP contribution in [0.2, 0.25) is 0 Å². The summed E-state index contributed by atoms with van der Waals surface area (Å²) in [5.74, 6) is 0.380. The molecular weight excluding hydrogens is 320 g/mol. The zero-order chi connectivity index (χ0) is 17.6. The topological polar surface area (TPSA) is 81.5 Å². The third kappa shape index (κ3) is 3.85. The van der Waals surface area contributed by atoms with Crippen LogP contribution in [-0.2, 0) is 4.74 Å². The molecule has 0 aliphatic rings. The van der Waals surface area contributed by atoms with Crippen molar-refractivity contribution in [2.75, 3.05) is 6.61 Å². The van der Waals surface area contributed by atoms with Gasteiger partial charge in [-0.15, -0.1) is 0 Å². The molecule has 3 rings (SSSR count). The monoisotopic (exact) mass is 338 g/mol. The minimum absolute atomic E-state index is 0.0791. The third-order valence-corrected chi connectivity index (χ3v) is 3.63. The molecule has 6 nitrogen and oxygen atoms in total. The van der Waals surface area contributed by atoms with Crippen molar-refractivity contribution in [3.8, 4) is 17.2 Å². The van der Waals surface area contributed by atoms with Crippen LogP contribution in [0.15, 0.2) is 48.9 Å². The highest BCUT2D eigenvalue weighted by Crippen LogP contribution is 2.31. The second-order valence-electron chi connectivity index (χ2n) is 5.48. The summed E-state index contributed by atoms with van der Waals surface area (Å²) in [5, 5.41) is 11.5. The quantitative estimate of drug-likeness (QED) is 0.538. The fourth-order valence-electron chi connectivity index (χ4n) is 2.32. The number of hydrogen-bond donors (Lipinski definition) is 1. The van der Waals surface area contributed by atoms with Gasteiger partial charge in [0, 0.05) is 23.2 Å². The molecule has 2 heterocycles. The Bertz CT molecular complexity index is 881. The Morgan fingerprint density at radius 2 is 2.08 bits per heavy atom. The van der Waals surface area contributed by atoms with Crippen LogP contribution in [0.3, 0.4) is 0 Å². The molecule has 0 fully saturated rings. The maximum absolute atomic E-state index is 12.0. The van der Waals surface area contributed by atoms with E-state index in [1.54, 1.807) is 42.7 Å². The van der Waals surface area contributed by atoms with E-state index < -0.39 is 5.97 Å². The second-order valence-corrected chi connectivity index (χ2v) is 5.48. The molecule has 0 spiro atoms. The number of benzene rings is 1. The number of carbonyl (C=O) groups is 1. The highest BCUT2D eigenvalue weighted by Gasteiger charge is 2.17. The van der Waals surface area contributed by atoms with E-state index in [0.29, 0.717) is 28.9 Å². The van der Waals surface area contributed by atoms with E-state index in [9.17, 15) is 9.90 Å². The fourth-order valence-corrected chi connectivity index (χ4v) is 2.32. The highest BCUT2D eigenvalue weighted by molar-refractivity contribution is 5.99. The lowest BCUT2D eigenvalue weighted by atomic mass is 10.1. The molecule has 1 N–H and O–H groups in total. The minimum Gasteiger partial charge on any atom is -0.505 e. The van der Waals surface area contributed by atoms with Crippen LogP contribution < -0.4 is 4.74 Å². The molecule has 0 aliphatic carbocycles. The molecule has 0 saturated carbocycles. The van der Waals surface area contributed by atoms with E-state index in [-0.39, 0.29) is 11.4 Å². The van der Waals surface area contributed by atoms with E-state index in [4.69, 9.17) is 9.47 Å². The standard InChI is InChI=1S/C19H18N2O4/c1-2-3-9-24-19(23)17-18(22)16-7-6-14(10-13(16)11-21-17)25-15-5-4-8-20-12-15/h4-8,10-12,22H,2-3,9H2,1H3. The molecule has 6 heteroatoms. The van der Waals surface area contributed by atoms with Crippen molar-refractivity contribution < 1.29 is 19.4 Å². The van der Waals surface area contributed by atoms with Gasteiger partial charge < -0.3 is 14.6 Å². The number of carbonyl (C=O) groups excluding carboxylic acids is 1. The molecule has 128 valence electrons. The Balaban J connectivity index is 1.85. The van der Waals surface area contributed by atoms with Crippen LogP contribution in [0.25, 0.3) is 10.8 Å². The molecule has 3 aromatic rings. The summed E-state index contributed by atoms with van der Waals surface area (Å²) in [6, 6.07) is 8.70. The van der Waals surface area contributed by atoms with Crippen molar-refractivity contribution in [2.24, 2.45) is 0 Å². The van der Waals surface area contributed by atoms with Crippen molar-refractivity contribution in [3.05, 3.63) is 54.6 Å². The van der Waals surface area contributed by atoms with Crippen LogP contribution in [0.5, 0.6) is 17.2 Å². The SMILES string of the molecule is CCCCOC(=O)c1ncc2cc(Oc3cccnc3)ccc2c1O. The van der Waals surface area contributed by atoms with Gasteiger partial charge in [-0.1, -0.05) is 13.3 Å². The summed E-state index contributed by atoms with van der Waals surface area (Å²) in [5.41, 5.74) is -0.0791. The van der Waals surface area contributed by atoms with E-state index in [2.05, 4.69) is 9.97 Å². The summed E-state index contributed by atoms with van der Waals surface area (Å²) < 4.78 is 10.8. The van der Waals surface area contributed by atoms with E-state index in [1.165, 1.54) is 6.20 Å². The van der Waals surface area contributed by atoms with Crippen LogP contribution in [-0.4, -0.2) is 27.7 Å². The number of unbranched alkanes of at least 4 members (excludes halogenated alkanes) is 1. The van der Waals surface area contributed by atoms with Crippen LogP contribution in [0.1, 0.15) is 30.3 Å². The zero-order valence-electron chi connectivity index (χ0n) is 13.8. The Morgan fingerprint density at radius 3 is 2.84 bits per heavy atom. The first-order valence-corrected chi connectivity index (χ1v) is 8.05. The van der Waals surface area contributed by atoms with Crippen LogP contribution in [0.4, 0.5) is 0 Å². The maximum Gasteiger partial charge on any atom is 0.360 e. The summed E-state index contributed by atoms with van der Waals surface area (Å²) in [4.78, 5) is 20.0. The number of fused-ring (bicyclic) bond motifs is 1. The highest BCUT2D eigenvalue weighted by atomic mass is 16.5. The molecule has 0 aliphatic heterocycles. The Hall–Kier alpha value is -3.15. The smallest absolute Gasteiger partial charge is 0.360 e. The predicted molar refractivity (Wildman–Crippen MR) is 92.9 cm³/mol. The van der Waals surface area contributed by atoms with E-state index >= 15 is 0 Å². The molecule has 25 heavy (non-hydrogen) atoms. The number of ether oxygens (including phenoxy) is 2. The fraction of sp³-hybridized carbons (Fsp3) is 0.211. The molecule has 0 amide bonds. The van der Waals surface area contributed by atoms with Crippen molar-refractivity contribution in [1.29, 1.82) is 0 Å². The minimum atomic E-state index is -0.622. The molecule has 0 bridgehead atoms. The van der Waals surface area contributed by atoms with Gasteiger partial charge >= 0.3 is 5.97 Å². The Labute approximate surface area is 145 Å². The van der Waals surface area contributed by atoms with Crippen molar-refractivity contribution in [3.63, 3.8) is 0 Å². The van der Waals surface area contributed by atoms with E-state index in [0.717, 1.165) is 12.8 Å². The molecule has 1 aromatic carbocycles. The molecule has 0 saturated heterocycles. The third-order valence-electron chi connectivity index (χ3n) is 3.63. The number of rotatable bonds is 6. The Morgan fingerprint density at radius 1 is 1.20 bits per heavy atom. The number of nitrogens with zero attached hydrogens (tertiary/aromatic N) is 2. The largest absolute Gasteiger partial charge is 0.505 e. The molecule has 0 unspecified atom stereocenters. The lowest BCUT2D eigenvalue weighted by Crippen LogP contribution is -2.08. The van der Waals surface area contributed by atoms with Gasteiger partial charge in [0.2, 0.25) is 0 Å². The number of esters is 1. The van der Waals surface area contributed by atoms with Gasteiger partial charge in [0.05, 0.1) is 12.8 Å². The van der Waals surface area contributed by atoms with Gasteiger partial charge in [0.1, 0.15) is 11.5 Å². The average molecular weight is 338 g/mol. The van der Waals surface area contributed by atoms with Crippen molar-refractivity contribution in [2.45, 2.75) is 19.8 Å². The summed E-state index contributed by atoms with van der Waals surface area (Å²) in [6.07, 6.45) is 6.48. The molecule has 0 atom stereocenters. The van der Waals surface area contributed by atoms with Crippen molar-refractivity contribution >= 4 is 16.7 Å². The Kier molecular flexibility index (Phi) is 5.09. The lowest BCUT2D eigenvalue weighted by Gasteiger charge is -2.09. The number of hydrogen-bond acceptors (Lipinski definition) is 6. The predicted octanol–water partition coefficient (Wildman–Crippen LogP) is 4.08. The van der Waals surface area contributed by atoms with Crippen LogP contribution in [0, 0.1) is 0 Å². The molecule has 0 radical (unpaired) electrons. The number of aromatic hydroxyl groups is 1. The first kappa shape index (κ1) is 16.7. The van der Waals surface area contributed by atoms with Crippen LogP contribution >= 0.6 is 0 Å². The van der Waals surface area contributed by atoms with Crippen molar-refractivity contribution in [1.82, 2.24) is 9.97 Å². The van der Waals surface area contributed by atoms with Gasteiger partial charge in [-0.05, 0) is 36.8 Å². The zero-order valence-corrected chi connectivity index (χ0v) is 13.8. The number of pyridine rings is 2. The normalized spacial score (nSPS) is 10.6. The van der Waals surface area contributed by atoms with Gasteiger partial charge in [0.15, 0.2) is 11.4 Å². The van der Waals surface area contributed by atoms with Gasteiger partial charge in [-0.3, -0.25) is 4.98 Å². The van der Waals surface area contributed by atoms with Gasteiger partial charge in [0.25, 0.3) is 0 Å². The summed E-state index contributed by atoms with van der Waals surface area (Å²) in [6.45, 7) is 2.32. The summed E-state index contributed by atoms with van der Waals surface area (Å²) >= 11 is 0. The average Bonchev–Trinajstić information content (AvgIpc) is 2.63. The van der Waals surface area contributed by atoms with Gasteiger partial charge in [-0.25, -0.2) is 9.78 Å². The second kappa shape index (κ2) is 7.61. The number of aromatic nitrogens is 2.